The second kappa shape index (κ2) is 6.02. The fraction of sp³-hybridized carbons (Fsp3) is 0.214. The number of pyridine rings is 1. The summed E-state index contributed by atoms with van der Waals surface area (Å²) >= 11 is 1.66. The molecule has 0 amide bonds. The van der Waals surface area contributed by atoms with Crippen LogP contribution in [0.3, 0.4) is 0 Å². The number of aromatic nitrogens is 3. The highest BCUT2D eigenvalue weighted by Gasteiger charge is 2.11. The van der Waals surface area contributed by atoms with Gasteiger partial charge in [0.05, 0.1) is 17.6 Å². The van der Waals surface area contributed by atoms with E-state index in [0.717, 1.165) is 28.1 Å². The van der Waals surface area contributed by atoms with Gasteiger partial charge < -0.3 is 5.32 Å². The summed E-state index contributed by atoms with van der Waals surface area (Å²) in [5.74, 6) is 6.63. The standard InChI is InChI=1S/C14H16N6S/c1-2-10-7-11-12(17-8-9-5-3-4-6-16-9)18-14(20-15)19-13(11)21-10/h3-7H,2,8,15H2,1H3,(H2,17,18,19,20). The molecular weight excluding hydrogens is 284 g/mol. The summed E-state index contributed by atoms with van der Waals surface area (Å²) in [5.41, 5.74) is 3.47. The lowest BCUT2D eigenvalue weighted by Crippen LogP contribution is -2.12. The third-order valence-corrected chi connectivity index (χ3v) is 4.26. The van der Waals surface area contributed by atoms with Crippen LogP contribution in [0.25, 0.3) is 10.2 Å². The molecule has 7 heteroatoms. The van der Waals surface area contributed by atoms with Gasteiger partial charge in [-0.05, 0) is 24.6 Å². The Bertz CT molecular complexity index is 740. The Morgan fingerprint density at radius 1 is 1.29 bits per heavy atom. The first-order valence-electron chi connectivity index (χ1n) is 6.71. The maximum atomic E-state index is 5.45. The van der Waals surface area contributed by atoms with Gasteiger partial charge in [-0.15, -0.1) is 11.3 Å². The smallest absolute Gasteiger partial charge is 0.240 e. The zero-order valence-corrected chi connectivity index (χ0v) is 12.4. The molecule has 3 heterocycles. The van der Waals surface area contributed by atoms with E-state index < -0.39 is 0 Å². The molecule has 0 spiro atoms. The Morgan fingerprint density at radius 2 is 2.19 bits per heavy atom. The predicted octanol–water partition coefficient (Wildman–Crippen LogP) is 2.55. The van der Waals surface area contributed by atoms with Gasteiger partial charge in [-0.2, -0.15) is 4.98 Å². The van der Waals surface area contributed by atoms with Crippen molar-refractivity contribution in [3.05, 3.63) is 41.0 Å². The highest BCUT2D eigenvalue weighted by molar-refractivity contribution is 7.18. The predicted molar refractivity (Wildman–Crippen MR) is 86.2 cm³/mol. The van der Waals surface area contributed by atoms with Gasteiger partial charge in [0.1, 0.15) is 10.6 Å². The highest BCUT2D eigenvalue weighted by atomic mass is 32.1. The maximum absolute atomic E-state index is 5.45. The number of hydrazine groups is 1. The molecule has 0 aliphatic heterocycles. The van der Waals surface area contributed by atoms with Gasteiger partial charge >= 0.3 is 0 Å². The third kappa shape index (κ3) is 2.93. The van der Waals surface area contributed by atoms with Crippen LogP contribution in [-0.4, -0.2) is 15.0 Å². The van der Waals surface area contributed by atoms with Gasteiger partial charge in [-0.1, -0.05) is 13.0 Å². The van der Waals surface area contributed by atoms with Crippen LogP contribution in [0.2, 0.25) is 0 Å². The normalized spacial score (nSPS) is 10.8. The summed E-state index contributed by atoms with van der Waals surface area (Å²) in [5, 5.41) is 4.33. The van der Waals surface area contributed by atoms with Crippen molar-refractivity contribution < 1.29 is 0 Å². The van der Waals surface area contributed by atoms with Gasteiger partial charge in [0, 0.05) is 11.1 Å². The number of nitrogens with two attached hydrogens (primary N) is 1. The van der Waals surface area contributed by atoms with E-state index in [0.29, 0.717) is 12.5 Å². The molecular formula is C14H16N6S. The molecule has 0 aliphatic carbocycles. The molecule has 0 bridgehead atoms. The van der Waals surface area contributed by atoms with Gasteiger partial charge in [0.25, 0.3) is 0 Å². The summed E-state index contributed by atoms with van der Waals surface area (Å²) in [4.78, 5) is 15.3. The molecule has 0 saturated carbocycles. The van der Waals surface area contributed by atoms with Crippen molar-refractivity contribution in [1.82, 2.24) is 15.0 Å². The monoisotopic (exact) mass is 300 g/mol. The molecule has 0 aliphatic rings. The Hall–Kier alpha value is -2.25. The van der Waals surface area contributed by atoms with Crippen molar-refractivity contribution in [3.63, 3.8) is 0 Å². The lowest BCUT2D eigenvalue weighted by atomic mass is 10.3. The Morgan fingerprint density at radius 3 is 2.90 bits per heavy atom. The second-order valence-electron chi connectivity index (χ2n) is 4.50. The Balaban J connectivity index is 1.94. The molecule has 0 radical (unpaired) electrons. The fourth-order valence-electron chi connectivity index (χ4n) is 2.02. The first kappa shape index (κ1) is 13.7. The van der Waals surface area contributed by atoms with Crippen molar-refractivity contribution >= 4 is 33.3 Å². The molecule has 3 aromatic heterocycles. The van der Waals surface area contributed by atoms with E-state index in [2.05, 4.69) is 38.7 Å². The van der Waals surface area contributed by atoms with E-state index in [4.69, 9.17) is 5.84 Å². The van der Waals surface area contributed by atoms with E-state index in [1.807, 2.05) is 18.2 Å². The lowest BCUT2D eigenvalue weighted by molar-refractivity contribution is 1.03. The minimum atomic E-state index is 0.413. The lowest BCUT2D eigenvalue weighted by Gasteiger charge is -2.08. The highest BCUT2D eigenvalue weighted by Crippen LogP contribution is 2.30. The number of hydrogen-bond acceptors (Lipinski definition) is 7. The molecule has 0 aromatic carbocycles. The number of anilines is 2. The topological polar surface area (TPSA) is 88.8 Å². The first-order valence-corrected chi connectivity index (χ1v) is 7.52. The van der Waals surface area contributed by atoms with E-state index in [-0.39, 0.29) is 0 Å². The molecule has 21 heavy (non-hydrogen) atoms. The van der Waals surface area contributed by atoms with Crippen molar-refractivity contribution in [1.29, 1.82) is 0 Å². The van der Waals surface area contributed by atoms with Crippen molar-refractivity contribution in [2.45, 2.75) is 19.9 Å². The summed E-state index contributed by atoms with van der Waals surface area (Å²) in [7, 11) is 0. The molecule has 0 unspecified atom stereocenters. The SMILES string of the molecule is CCc1cc2c(NCc3ccccn3)nc(NN)nc2s1. The first-order chi connectivity index (χ1) is 10.3. The zero-order chi connectivity index (χ0) is 14.7. The number of aryl methyl sites for hydroxylation is 1. The Labute approximate surface area is 126 Å². The minimum absolute atomic E-state index is 0.413. The average molecular weight is 300 g/mol. The van der Waals surface area contributed by atoms with Crippen molar-refractivity contribution in [3.8, 4) is 0 Å². The molecule has 0 atom stereocenters. The molecule has 3 aromatic rings. The molecule has 0 fully saturated rings. The summed E-state index contributed by atoms with van der Waals surface area (Å²) < 4.78 is 0. The van der Waals surface area contributed by atoms with E-state index in [1.165, 1.54) is 4.88 Å². The van der Waals surface area contributed by atoms with E-state index in [1.54, 1.807) is 17.5 Å². The van der Waals surface area contributed by atoms with Crippen LogP contribution >= 0.6 is 11.3 Å². The molecule has 4 N–H and O–H groups in total. The molecule has 108 valence electrons. The van der Waals surface area contributed by atoms with Crippen LogP contribution in [0.4, 0.5) is 11.8 Å². The van der Waals surface area contributed by atoms with Crippen LogP contribution in [0.5, 0.6) is 0 Å². The number of thiophene rings is 1. The van der Waals surface area contributed by atoms with E-state index >= 15 is 0 Å². The van der Waals surface area contributed by atoms with Crippen LogP contribution in [-0.2, 0) is 13.0 Å². The Kier molecular flexibility index (Phi) is 3.94. The van der Waals surface area contributed by atoms with Crippen LogP contribution in [0.15, 0.2) is 30.5 Å². The third-order valence-electron chi connectivity index (χ3n) is 3.08. The van der Waals surface area contributed by atoms with Crippen molar-refractivity contribution in [2.75, 3.05) is 10.7 Å². The number of hydrogen-bond donors (Lipinski definition) is 3. The van der Waals surface area contributed by atoms with Crippen LogP contribution in [0, 0.1) is 0 Å². The van der Waals surface area contributed by atoms with Gasteiger partial charge in [-0.25, -0.2) is 10.8 Å². The summed E-state index contributed by atoms with van der Waals surface area (Å²) in [6.07, 6.45) is 2.76. The quantitative estimate of drug-likeness (QED) is 0.496. The number of nitrogens with one attached hydrogen (secondary N) is 2. The number of nitrogens with zero attached hydrogens (tertiary/aromatic N) is 3. The van der Waals surface area contributed by atoms with Crippen LogP contribution in [0.1, 0.15) is 17.5 Å². The number of nitrogen functional groups attached to an aromatic ring is 1. The summed E-state index contributed by atoms with van der Waals surface area (Å²) in [6.45, 7) is 2.73. The maximum Gasteiger partial charge on any atom is 0.240 e. The zero-order valence-electron chi connectivity index (χ0n) is 11.6. The summed E-state index contributed by atoms with van der Waals surface area (Å²) in [6, 6.07) is 7.96. The average Bonchev–Trinajstić information content (AvgIpc) is 2.96. The van der Waals surface area contributed by atoms with Crippen molar-refractivity contribution in [2.24, 2.45) is 5.84 Å². The molecule has 0 saturated heterocycles. The van der Waals surface area contributed by atoms with E-state index in [9.17, 15) is 0 Å². The largest absolute Gasteiger partial charge is 0.364 e. The van der Waals surface area contributed by atoms with Gasteiger partial charge in [-0.3, -0.25) is 10.4 Å². The van der Waals surface area contributed by atoms with Crippen LogP contribution < -0.4 is 16.6 Å². The van der Waals surface area contributed by atoms with Gasteiger partial charge in [0.2, 0.25) is 5.95 Å². The fourth-order valence-corrected chi connectivity index (χ4v) is 2.99. The van der Waals surface area contributed by atoms with Gasteiger partial charge in [0.15, 0.2) is 0 Å². The minimum Gasteiger partial charge on any atom is -0.364 e. The molecule has 3 rings (SSSR count). The second-order valence-corrected chi connectivity index (χ2v) is 5.62. The number of rotatable bonds is 5. The number of fused-ring (bicyclic) bond motifs is 1. The molecule has 6 nitrogen and oxygen atoms in total.